The molecule has 4 aliphatic rings. The van der Waals surface area contributed by atoms with Crippen molar-refractivity contribution in [2.75, 3.05) is 12.0 Å². The molecule has 2 aromatic rings. The van der Waals surface area contributed by atoms with Gasteiger partial charge in [-0.1, -0.05) is 73.9 Å². The van der Waals surface area contributed by atoms with Crippen LogP contribution in [0.1, 0.15) is 94.2 Å². The van der Waals surface area contributed by atoms with Crippen LogP contribution >= 0.6 is 0 Å². The minimum absolute atomic E-state index is 0.324. The van der Waals surface area contributed by atoms with Gasteiger partial charge in [0.25, 0.3) is 0 Å². The van der Waals surface area contributed by atoms with Gasteiger partial charge in [0.15, 0.2) is 5.78 Å². The Morgan fingerprint density at radius 3 is 2.55 bits per heavy atom. The molecule has 0 bridgehead atoms. The Morgan fingerprint density at radius 2 is 1.77 bits per heavy atom. The summed E-state index contributed by atoms with van der Waals surface area (Å²) in [5.41, 5.74) is 16.2. The van der Waals surface area contributed by atoms with Crippen LogP contribution in [0, 0.1) is 41.9 Å². The number of carbonyl (C=O) groups excluding carboxylic acids is 1. The number of aryl methyl sites for hydroxylation is 1. The molecule has 3 nitrogen and oxygen atoms in total. The fraction of sp³-hybridized carbons (Fsp3) is 0.486. The zero-order valence-electron chi connectivity index (χ0n) is 24.5. The third-order valence-corrected chi connectivity index (χ3v) is 10.6. The number of carbonyl (C=O) groups is 1. The number of allylic oxidation sites excluding steroid dienone is 4. The Kier molecular flexibility index (Phi) is 7.74. The fourth-order valence-corrected chi connectivity index (χ4v) is 8.66. The van der Waals surface area contributed by atoms with Crippen LogP contribution in [-0.2, 0) is 4.79 Å². The van der Waals surface area contributed by atoms with E-state index in [2.05, 4.69) is 92.0 Å². The second kappa shape index (κ2) is 11.4. The van der Waals surface area contributed by atoms with Gasteiger partial charge in [0.2, 0.25) is 0 Å². The van der Waals surface area contributed by atoms with Gasteiger partial charge in [0.05, 0.1) is 6.54 Å². The third-order valence-electron chi connectivity index (χ3n) is 10.6. The average Bonchev–Trinajstić information content (AvgIpc) is 3.29. The molecule has 2 saturated carbocycles. The van der Waals surface area contributed by atoms with Gasteiger partial charge in [-0.25, -0.2) is 5.43 Å². The minimum atomic E-state index is 0.324. The average molecular weight is 533 g/mol. The lowest BCUT2D eigenvalue weighted by molar-refractivity contribution is -0.114. The molecule has 3 heteroatoms. The standard InChI is InChI=1S/C37H44N2O/c1-4-6-29-15-21-35-33-19-14-28-23-31(40)18-20-32(28)36(33)34(24-37(29,35)3)27-12-10-26(11-13-27)7-5-22-38-39-30-16-8-25(2)9-17-30/h8-13,16-17,23,29,33-35,38-39H,4,6,14-15,18-22,24H2,1-3H3. The summed E-state index contributed by atoms with van der Waals surface area (Å²) in [6, 6.07) is 17.4. The molecule has 0 heterocycles. The van der Waals surface area contributed by atoms with Gasteiger partial charge in [-0.2, -0.15) is 0 Å². The number of nitrogens with one attached hydrogen (secondary N) is 2. The van der Waals surface area contributed by atoms with Crippen molar-refractivity contribution >= 4 is 11.5 Å². The first-order valence-electron chi connectivity index (χ1n) is 15.6. The summed E-state index contributed by atoms with van der Waals surface area (Å²) in [4.78, 5) is 12.3. The van der Waals surface area contributed by atoms with Crippen LogP contribution in [0.25, 0.3) is 0 Å². The van der Waals surface area contributed by atoms with E-state index in [0.29, 0.717) is 36.0 Å². The number of ketones is 1. The van der Waals surface area contributed by atoms with E-state index in [4.69, 9.17) is 0 Å². The van der Waals surface area contributed by atoms with Crippen LogP contribution < -0.4 is 10.9 Å². The summed E-state index contributed by atoms with van der Waals surface area (Å²) in [7, 11) is 0. The van der Waals surface area contributed by atoms with E-state index in [1.807, 2.05) is 6.08 Å². The Morgan fingerprint density at radius 1 is 0.975 bits per heavy atom. The molecule has 2 aromatic carbocycles. The summed E-state index contributed by atoms with van der Waals surface area (Å²) in [5, 5.41) is 0. The second-order valence-corrected chi connectivity index (χ2v) is 12.9. The fourth-order valence-electron chi connectivity index (χ4n) is 8.66. The zero-order chi connectivity index (χ0) is 27.7. The molecular weight excluding hydrogens is 488 g/mol. The molecule has 0 radical (unpaired) electrons. The van der Waals surface area contributed by atoms with E-state index in [1.165, 1.54) is 55.2 Å². The van der Waals surface area contributed by atoms with E-state index in [9.17, 15) is 4.79 Å². The summed E-state index contributed by atoms with van der Waals surface area (Å²) < 4.78 is 0. The Labute approximate surface area is 240 Å². The smallest absolute Gasteiger partial charge is 0.156 e. The molecule has 208 valence electrons. The second-order valence-electron chi connectivity index (χ2n) is 12.9. The van der Waals surface area contributed by atoms with E-state index in [1.54, 1.807) is 11.1 Å². The first-order chi connectivity index (χ1) is 19.5. The maximum atomic E-state index is 12.3. The first-order valence-corrected chi connectivity index (χ1v) is 15.6. The van der Waals surface area contributed by atoms with Crippen molar-refractivity contribution in [2.45, 2.75) is 84.5 Å². The van der Waals surface area contributed by atoms with Gasteiger partial charge in [-0.15, -0.1) is 0 Å². The Hall–Kier alpha value is -3.09. The highest BCUT2D eigenvalue weighted by molar-refractivity contribution is 5.93. The predicted molar refractivity (Wildman–Crippen MR) is 165 cm³/mol. The molecule has 4 aliphatic carbocycles. The number of anilines is 1. The van der Waals surface area contributed by atoms with Crippen molar-refractivity contribution in [3.8, 4) is 11.8 Å². The van der Waals surface area contributed by atoms with Crippen LogP contribution in [0.3, 0.4) is 0 Å². The molecule has 40 heavy (non-hydrogen) atoms. The first kappa shape index (κ1) is 27.1. The monoisotopic (exact) mass is 532 g/mol. The van der Waals surface area contributed by atoms with Crippen molar-refractivity contribution in [3.05, 3.63) is 88.0 Å². The lowest BCUT2D eigenvalue weighted by Crippen LogP contribution is -2.43. The maximum absolute atomic E-state index is 12.3. The number of fused-ring (bicyclic) bond motifs is 4. The highest BCUT2D eigenvalue weighted by Crippen LogP contribution is 2.66. The van der Waals surface area contributed by atoms with Crippen LogP contribution in [0.2, 0.25) is 0 Å². The summed E-state index contributed by atoms with van der Waals surface area (Å²) in [6.07, 6.45) is 12.6. The summed E-state index contributed by atoms with van der Waals surface area (Å²) in [5.74, 6) is 9.69. The highest BCUT2D eigenvalue weighted by atomic mass is 16.1. The minimum Gasteiger partial charge on any atom is -0.321 e. The van der Waals surface area contributed by atoms with Gasteiger partial charge in [-0.05, 0) is 116 Å². The molecule has 5 atom stereocenters. The Bertz CT molecular complexity index is 1370. The van der Waals surface area contributed by atoms with E-state index < -0.39 is 0 Å². The number of hydrogen-bond donors (Lipinski definition) is 2. The van der Waals surface area contributed by atoms with Crippen LogP contribution in [-0.4, -0.2) is 12.3 Å². The number of hydrogen-bond acceptors (Lipinski definition) is 3. The van der Waals surface area contributed by atoms with Crippen LogP contribution in [0.15, 0.2) is 71.3 Å². The largest absolute Gasteiger partial charge is 0.321 e. The lowest BCUT2D eigenvalue weighted by Gasteiger charge is -2.53. The number of hydrazine groups is 1. The van der Waals surface area contributed by atoms with Gasteiger partial charge in [0, 0.05) is 23.6 Å². The van der Waals surface area contributed by atoms with Gasteiger partial charge >= 0.3 is 0 Å². The molecule has 0 spiro atoms. The third kappa shape index (κ3) is 5.19. The molecule has 2 fully saturated rings. The topological polar surface area (TPSA) is 41.1 Å². The molecule has 5 unspecified atom stereocenters. The predicted octanol–water partition coefficient (Wildman–Crippen LogP) is 8.28. The van der Waals surface area contributed by atoms with Gasteiger partial charge in [0.1, 0.15) is 0 Å². The molecule has 0 aliphatic heterocycles. The highest BCUT2D eigenvalue weighted by Gasteiger charge is 2.56. The lowest BCUT2D eigenvalue weighted by atomic mass is 9.51. The maximum Gasteiger partial charge on any atom is 0.156 e. The van der Waals surface area contributed by atoms with Crippen molar-refractivity contribution in [3.63, 3.8) is 0 Å². The molecule has 0 aromatic heterocycles. The summed E-state index contributed by atoms with van der Waals surface area (Å²) >= 11 is 0. The van der Waals surface area contributed by atoms with Crippen molar-refractivity contribution in [2.24, 2.45) is 23.2 Å². The van der Waals surface area contributed by atoms with E-state index in [-0.39, 0.29) is 0 Å². The summed E-state index contributed by atoms with van der Waals surface area (Å²) in [6.45, 7) is 7.65. The van der Waals surface area contributed by atoms with Gasteiger partial charge in [-0.3, -0.25) is 4.79 Å². The van der Waals surface area contributed by atoms with Gasteiger partial charge < -0.3 is 5.43 Å². The molecule has 0 amide bonds. The number of rotatable bonds is 6. The van der Waals surface area contributed by atoms with Crippen molar-refractivity contribution in [1.29, 1.82) is 0 Å². The van der Waals surface area contributed by atoms with Crippen molar-refractivity contribution < 1.29 is 4.79 Å². The normalized spacial score (nSPS) is 29.1. The van der Waals surface area contributed by atoms with Crippen LogP contribution in [0.4, 0.5) is 5.69 Å². The van der Waals surface area contributed by atoms with Crippen molar-refractivity contribution in [1.82, 2.24) is 5.43 Å². The van der Waals surface area contributed by atoms with E-state index in [0.717, 1.165) is 35.9 Å². The molecular formula is C37H44N2O. The van der Waals surface area contributed by atoms with Crippen LogP contribution in [0.5, 0.6) is 0 Å². The quantitative estimate of drug-likeness (QED) is 0.223. The zero-order valence-corrected chi connectivity index (χ0v) is 24.5. The molecule has 2 N–H and O–H groups in total. The van der Waals surface area contributed by atoms with E-state index >= 15 is 0 Å². The molecule has 0 saturated heterocycles. The SMILES string of the molecule is CCCC1CCC2C3CCC4=CC(=O)CCC4=C3C(c3ccc(C#CCNNc4ccc(C)cc4)cc3)CC12C. The molecule has 6 rings (SSSR count). The Balaban J connectivity index is 1.23. The number of benzene rings is 2.